The predicted molar refractivity (Wildman–Crippen MR) is 137 cm³/mol. The Labute approximate surface area is 225 Å². The topological polar surface area (TPSA) is 81.9 Å². The zero-order chi connectivity index (χ0) is 28.4. The van der Waals surface area contributed by atoms with Gasteiger partial charge in [0.25, 0.3) is 5.56 Å². The molecule has 1 saturated carbocycles. The van der Waals surface area contributed by atoms with Crippen LogP contribution in [0.2, 0.25) is 5.02 Å². The Morgan fingerprint density at radius 3 is 2.38 bits per heavy atom. The highest BCUT2D eigenvalue weighted by molar-refractivity contribution is 7.90. The third-order valence-corrected chi connectivity index (χ3v) is 8.25. The monoisotopic (exact) mass is 577 g/mol. The van der Waals surface area contributed by atoms with Crippen LogP contribution in [0, 0.1) is 37.1 Å². The van der Waals surface area contributed by atoms with Gasteiger partial charge < -0.3 is 0 Å². The van der Waals surface area contributed by atoms with E-state index < -0.39 is 55.2 Å². The van der Waals surface area contributed by atoms with Gasteiger partial charge in [-0.3, -0.25) is 19.3 Å². The van der Waals surface area contributed by atoms with E-state index in [4.69, 9.17) is 11.6 Å². The molecular formula is C27H20ClF4N3O3S. The number of nitrogens with zero attached hydrogens (tertiary/aromatic N) is 3. The minimum Gasteiger partial charge on any atom is -0.277 e. The Hall–Kier alpha value is -3.57. The number of benzene rings is 1. The lowest BCUT2D eigenvalue weighted by Gasteiger charge is -2.18. The summed E-state index contributed by atoms with van der Waals surface area (Å²) in [7, 11) is -3.95. The Balaban J connectivity index is 1.62. The van der Waals surface area contributed by atoms with E-state index in [0.717, 1.165) is 29.2 Å². The second-order valence-corrected chi connectivity index (χ2v) is 11.9. The molecule has 0 unspecified atom stereocenters. The fourth-order valence-corrected chi connectivity index (χ4v) is 5.87. The second-order valence-electron chi connectivity index (χ2n) is 9.51. The molecule has 1 fully saturated rings. The molecule has 1 aromatic carbocycles. The van der Waals surface area contributed by atoms with Crippen molar-refractivity contribution in [1.29, 1.82) is 0 Å². The van der Waals surface area contributed by atoms with Crippen molar-refractivity contribution in [3.05, 3.63) is 104 Å². The first-order valence-corrected chi connectivity index (χ1v) is 14.0. The van der Waals surface area contributed by atoms with E-state index in [2.05, 4.69) is 9.97 Å². The molecule has 39 heavy (non-hydrogen) atoms. The van der Waals surface area contributed by atoms with Crippen molar-refractivity contribution >= 4 is 21.4 Å². The molecule has 12 heteroatoms. The van der Waals surface area contributed by atoms with E-state index in [1.54, 1.807) is 13.0 Å². The number of aryl methyl sites for hydroxylation is 2. The average Bonchev–Trinajstić information content (AvgIpc) is 3.63. The van der Waals surface area contributed by atoms with Gasteiger partial charge in [-0.2, -0.15) is 0 Å². The van der Waals surface area contributed by atoms with E-state index in [1.807, 2.05) is 0 Å². The van der Waals surface area contributed by atoms with E-state index in [0.29, 0.717) is 17.7 Å². The predicted octanol–water partition coefficient (Wildman–Crippen LogP) is 5.80. The minimum atomic E-state index is -3.95. The van der Waals surface area contributed by atoms with E-state index >= 15 is 8.78 Å². The van der Waals surface area contributed by atoms with Crippen molar-refractivity contribution in [1.82, 2.24) is 14.5 Å². The molecule has 0 bridgehead atoms. The summed E-state index contributed by atoms with van der Waals surface area (Å²) in [5, 5.41) is -0.210. The summed E-state index contributed by atoms with van der Waals surface area (Å²) in [5.74, 6) is -4.57. The fraction of sp³-hybridized carbons (Fsp3) is 0.222. The number of aromatic nitrogens is 3. The van der Waals surface area contributed by atoms with Gasteiger partial charge >= 0.3 is 0 Å². The molecule has 0 saturated heterocycles. The van der Waals surface area contributed by atoms with Gasteiger partial charge in [0.2, 0.25) is 0 Å². The van der Waals surface area contributed by atoms with E-state index in [-0.39, 0.29) is 33.4 Å². The van der Waals surface area contributed by atoms with Crippen LogP contribution >= 0.6 is 11.6 Å². The maximum absolute atomic E-state index is 16.0. The van der Waals surface area contributed by atoms with Gasteiger partial charge in [-0.1, -0.05) is 17.7 Å². The lowest BCUT2D eigenvalue weighted by molar-refractivity contribution is 0.557. The fourth-order valence-electron chi connectivity index (χ4n) is 4.83. The Kier molecular flexibility index (Phi) is 6.62. The molecular weight excluding hydrogens is 558 g/mol. The van der Waals surface area contributed by atoms with Gasteiger partial charge in [-0.05, 0) is 55.5 Å². The highest BCUT2D eigenvalue weighted by Gasteiger charge is 2.44. The van der Waals surface area contributed by atoms with Gasteiger partial charge in [0.15, 0.2) is 21.5 Å². The van der Waals surface area contributed by atoms with Crippen LogP contribution in [-0.2, 0) is 9.84 Å². The van der Waals surface area contributed by atoms with Gasteiger partial charge in [-0.25, -0.2) is 26.0 Å². The van der Waals surface area contributed by atoms with Crippen LogP contribution in [0.5, 0.6) is 0 Å². The summed E-state index contributed by atoms with van der Waals surface area (Å²) in [6, 6.07) is 5.84. The number of halogens is 5. The van der Waals surface area contributed by atoms with Gasteiger partial charge in [0.05, 0.1) is 17.6 Å². The second kappa shape index (κ2) is 9.56. The maximum Gasteiger partial charge on any atom is 0.274 e. The molecule has 2 atom stereocenters. The van der Waals surface area contributed by atoms with E-state index in [1.165, 1.54) is 25.3 Å². The zero-order valence-electron chi connectivity index (χ0n) is 20.8. The summed E-state index contributed by atoms with van der Waals surface area (Å²) in [6.45, 7) is 3.06. The van der Waals surface area contributed by atoms with Crippen molar-refractivity contribution in [3.8, 4) is 16.9 Å². The van der Waals surface area contributed by atoms with Crippen LogP contribution < -0.4 is 5.56 Å². The van der Waals surface area contributed by atoms with Crippen molar-refractivity contribution in [2.24, 2.45) is 0 Å². The first kappa shape index (κ1) is 27.0. The van der Waals surface area contributed by atoms with E-state index in [9.17, 15) is 22.0 Å². The van der Waals surface area contributed by atoms with Crippen molar-refractivity contribution in [2.75, 3.05) is 6.26 Å². The quantitative estimate of drug-likeness (QED) is 0.280. The summed E-state index contributed by atoms with van der Waals surface area (Å²) >= 11 is 6.46. The Bertz CT molecular complexity index is 1840. The third-order valence-electron chi connectivity index (χ3n) is 6.76. The number of hydrogen-bond acceptors (Lipinski definition) is 5. The average molecular weight is 578 g/mol. The van der Waals surface area contributed by atoms with Crippen molar-refractivity contribution in [3.63, 3.8) is 0 Å². The zero-order valence-corrected chi connectivity index (χ0v) is 22.3. The lowest BCUT2D eigenvalue weighted by atomic mass is 10.1. The van der Waals surface area contributed by atoms with Crippen LogP contribution in [-0.4, -0.2) is 29.2 Å². The van der Waals surface area contributed by atoms with Crippen molar-refractivity contribution < 1.29 is 26.0 Å². The smallest absolute Gasteiger partial charge is 0.274 e. The van der Waals surface area contributed by atoms with Crippen LogP contribution in [0.1, 0.15) is 40.8 Å². The lowest BCUT2D eigenvalue weighted by Crippen LogP contribution is -2.24. The SMILES string of the molecule is Cc1cnc(-c2cccc(S(C)(=O)=O)c2F)c(F)c1-n1c(C)cc([C@H]2C[C@@H]2c2ncc(F)cc2F)c(Cl)c1=O. The molecule has 4 aromatic rings. The summed E-state index contributed by atoms with van der Waals surface area (Å²) in [5.41, 5.74) is -0.824. The summed E-state index contributed by atoms with van der Waals surface area (Å²) < 4.78 is 83.6. The molecule has 0 amide bonds. The molecule has 6 nitrogen and oxygen atoms in total. The number of rotatable bonds is 5. The molecule has 0 radical (unpaired) electrons. The first-order valence-electron chi connectivity index (χ1n) is 11.7. The van der Waals surface area contributed by atoms with Crippen LogP contribution in [0.4, 0.5) is 17.6 Å². The highest BCUT2D eigenvalue weighted by Crippen LogP contribution is 2.55. The molecule has 0 N–H and O–H groups in total. The van der Waals surface area contributed by atoms with Crippen molar-refractivity contribution in [2.45, 2.75) is 37.0 Å². The summed E-state index contributed by atoms with van der Waals surface area (Å²) in [4.78, 5) is 20.7. The van der Waals surface area contributed by atoms with Gasteiger partial charge in [-0.15, -0.1) is 0 Å². The Morgan fingerprint density at radius 2 is 1.72 bits per heavy atom. The van der Waals surface area contributed by atoms with Crippen LogP contribution in [0.3, 0.4) is 0 Å². The molecule has 202 valence electrons. The molecule has 3 heterocycles. The van der Waals surface area contributed by atoms with Crippen LogP contribution in [0.15, 0.2) is 52.4 Å². The minimum absolute atomic E-state index is 0.0679. The Morgan fingerprint density at radius 1 is 1.00 bits per heavy atom. The molecule has 1 aliphatic carbocycles. The molecule has 0 aliphatic heterocycles. The molecule has 3 aromatic heterocycles. The third kappa shape index (κ3) is 4.63. The molecule has 0 spiro atoms. The number of sulfone groups is 1. The normalized spacial score (nSPS) is 16.9. The largest absolute Gasteiger partial charge is 0.277 e. The first-order chi connectivity index (χ1) is 18.3. The number of hydrogen-bond donors (Lipinski definition) is 0. The van der Waals surface area contributed by atoms with Gasteiger partial charge in [0, 0.05) is 35.7 Å². The molecule has 1 aliphatic rings. The number of pyridine rings is 3. The molecule has 5 rings (SSSR count). The summed E-state index contributed by atoms with van der Waals surface area (Å²) in [6.07, 6.45) is 3.42. The van der Waals surface area contributed by atoms with Crippen LogP contribution in [0.25, 0.3) is 16.9 Å². The highest BCUT2D eigenvalue weighted by atomic mass is 35.5. The standard InChI is InChI=1S/C27H20ClF4N3O3S/c1-12-10-33-25(15-5-4-6-20(22(15)31)39(3,37)38)23(32)26(12)35-13(2)7-17(21(28)27(35)36)16-9-18(16)24-19(30)8-14(29)11-34-24/h4-8,10-11,16,18H,9H2,1-3H3/t16-,18+/m1/s1. The maximum atomic E-state index is 16.0. The van der Waals surface area contributed by atoms with Gasteiger partial charge in [0.1, 0.15) is 27.2 Å².